The molecule has 0 aliphatic heterocycles. The second-order valence-corrected chi connectivity index (χ2v) is 5.02. The van der Waals surface area contributed by atoms with Crippen molar-refractivity contribution >= 4 is 39.6 Å². The molecule has 0 aliphatic carbocycles. The Kier molecular flexibility index (Phi) is 4.95. The lowest BCUT2D eigenvalue weighted by atomic mass is 10.2. The zero-order chi connectivity index (χ0) is 12.1. The van der Waals surface area contributed by atoms with E-state index >= 15 is 0 Å². The first-order valence-corrected chi connectivity index (χ1v) is 6.45. The van der Waals surface area contributed by atoms with Crippen molar-refractivity contribution in [3.05, 3.63) is 20.8 Å². The van der Waals surface area contributed by atoms with Gasteiger partial charge in [-0.1, -0.05) is 6.92 Å². The maximum Gasteiger partial charge on any atom is 0.332 e. The minimum atomic E-state index is -1.01. The number of nitrogens with zero attached hydrogens (tertiary/aromatic N) is 1. The molecule has 88 valence electrons. The Morgan fingerprint density at radius 3 is 2.81 bits per heavy atom. The van der Waals surface area contributed by atoms with Crippen LogP contribution in [0.4, 0.5) is 0 Å². The van der Waals surface area contributed by atoms with Gasteiger partial charge in [0.05, 0.1) is 4.88 Å². The molecule has 1 aromatic rings. The van der Waals surface area contributed by atoms with Crippen molar-refractivity contribution < 1.29 is 14.7 Å². The van der Waals surface area contributed by atoms with Gasteiger partial charge in [0.25, 0.3) is 0 Å². The van der Waals surface area contributed by atoms with Crippen molar-refractivity contribution in [1.29, 1.82) is 0 Å². The van der Waals surface area contributed by atoms with Crippen molar-refractivity contribution in [1.82, 2.24) is 4.90 Å². The third-order valence-electron chi connectivity index (χ3n) is 2.08. The number of carboxylic acid groups (broad SMARTS) is 1. The van der Waals surface area contributed by atoms with E-state index in [1.54, 1.807) is 11.4 Å². The molecule has 1 rings (SSSR count). The van der Waals surface area contributed by atoms with Crippen LogP contribution in [0.25, 0.3) is 0 Å². The fourth-order valence-electron chi connectivity index (χ4n) is 1.41. The lowest BCUT2D eigenvalue weighted by molar-refractivity contribution is -0.146. The van der Waals surface area contributed by atoms with Gasteiger partial charge in [-0.2, -0.15) is 0 Å². The van der Waals surface area contributed by atoms with Crippen LogP contribution in [0.1, 0.15) is 24.3 Å². The Bertz CT molecular complexity index is 380. The first-order valence-electron chi connectivity index (χ1n) is 4.78. The second kappa shape index (κ2) is 6.00. The van der Waals surface area contributed by atoms with Crippen LogP contribution in [-0.2, 0) is 9.59 Å². The topological polar surface area (TPSA) is 57.6 Å². The Morgan fingerprint density at radius 1 is 1.75 bits per heavy atom. The number of carbonyl (C=O) groups is 2. The molecule has 1 aromatic heterocycles. The molecule has 0 spiro atoms. The molecule has 4 nitrogen and oxygen atoms in total. The normalized spacial score (nSPS) is 12.1. The summed E-state index contributed by atoms with van der Waals surface area (Å²) in [6.45, 7) is 2.34. The average Bonchev–Trinajstić information content (AvgIpc) is 2.63. The highest BCUT2D eigenvalue weighted by Crippen LogP contribution is 2.32. The SMILES string of the molecule is CCCN(C=O)C(C(=O)O)c1sccc1Br. The van der Waals surface area contributed by atoms with E-state index in [1.165, 1.54) is 16.2 Å². The van der Waals surface area contributed by atoms with E-state index in [4.69, 9.17) is 0 Å². The van der Waals surface area contributed by atoms with E-state index in [-0.39, 0.29) is 0 Å². The Hall–Kier alpha value is -0.880. The molecule has 0 aromatic carbocycles. The van der Waals surface area contributed by atoms with E-state index in [1.807, 2.05) is 6.92 Å². The van der Waals surface area contributed by atoms with Crippen molar-refractivity contribution in [3.8, 4) is 0 Å². The molecule has 1 N–H and O–H groups in total. The summed E-state index contributed by atoms with van der Waals surface area (Å²) in [7, 11) is 0. The largest absolute Gasteiger partial charge is 0.479 e. The molecule has 6 heteroatoms. The number of carbonyl (C=O) groups excluding carboxylic acids is 1. The highest BCUT2D eigenvalue weighted by atomic mass is 79.9. The van der Waals surface area contributed by atoms with Crippen LogP contribution in [0.15, 0.2) is 15.9 Å². The molecule has 1 unspecified atom stereocenters. The summed E-state index contributed by atoms with van der Waals surface area (Å²) in [6.07, 6.45) is 1.32. The van der Waals surface area contributed by atoms with Crippen LogP contribution in [-0.4, -0.2) is 28.9 Å². The smallest absolute Gasteiger partial charge is 0.332 e. The molecular weight excluding hydrogens is 294 g/mol. The third kappa shape index (κ3) is 2.82. The van der Waals surface area contributed by atoms with E-state index in [9.17, 15) is 14.7 Å². The minimum absolute atomic E-state index is 0.435. The molecule has 0 saturated carbocycles. The van der Waals surface area contributed by atoms with Crippen LogP contribution in [0.3, 0.4) is 0 Å². The van der Waals surface area contributed by atoms with E-state index in [0.29, 0.717) is 17.8 Å². The predicted octanol–water partition coefficient (Wildman–Crippen LogP) is 2.50. The Labute approximate surface area is 106 Å². The number of hydrogen-bond acceptors (Lipinski definition) is 3. The zero-order valence-electron chi connectivity index (χ0n) is 8.72. The molecule has 16 heavy (non-hydrogen) atoms. The van der Waals surface area contributed by atoms with Crippen molar-refractivity contribution in [2.24, 2.45) is 0 Å². The monoisotopic (exact) mass is 305 g/mol. The first-order chi connectivity index (χ1) is 7.61. The van der Waals surface area contributed by atoms with Gasteiger partial charge in [0.2, 0.25) is 6.41 Å². The van der Waals surface area contributed by atoms with Gasteiger partial charge in [0.1, 0.15) is 0 Å². The van der Waals surface area contributed by atoms with Gasteiger partial charge >= 0.3 is 5.97 Å². The summed E-state index contributed by atoms with van der Waals surface area (Å²) in [4.78, 5) is 24.1. The third-order valence-corrected chi connectivity index (χ3v) is 4.00. The number of amides is 1. The fourth-order valence-corrected chi connectivity index (χ4v) is 3.11. The van der Waals surface area contributed by atoms with Crippen LogP contribution in [0, 0.1) is 0 Å². The first kappa shape index (κ1) is 13.2. The zero-order valence-corrected chi connectivity index (χ0v) is 11.1. The maximum absolute atomic E-state index is 11.2. The average molecular weight is 306 g/mol. The van der Waals surface area contributed by atoms with Gasteiger partial charge in [-0.3, -0.25) is 4.79 Å². The van der Waals surface area contributed by atoms with Crippen LogP contribution in [0.5, 0.6) is 0 Å². The van der Waals surface area contributed by atoms with Crippen LogP contribution >= 0.6 is 27.3 Å². The predicted molar refractivity (Wildman–Crippen MR) is 65.5 cm³/mol. The fraction of sp³-hybridized carbons (Fsp3) is 0.400. The summed E-state index contributed by atoms with van der Waals surface area (Å²) in [5.41, 5.74) is 0. The molecule has 0 bridgehead atoms. The molecule has 1 heterocycles. The number of halogens is 1. The maximum atomic E-state index is 11.2. The highest BCUT2D eigenvalue weighted by Gasteiger charge is 2.28. The Morgan fingerprint density at radius 2 is 2.44 bits per heavy atom. The summed E-state index contributed by atoms with van der Waals surface area (Å²) >= 11 is 4.62. The van der Waals surface area contributed by atoms with Gasteiger partial charge in [-0.15, -0.1) is 11.3 Å². The number of rotatable bonds is 6. The number of hydrogen-bond donors (Lipinski definition) is 1. The van der Waals surface area contributed by atoms with Gasteiger partial charge in [0.15, 0.2) is 6.04 Å². The lowest BCUT2D eigenvalue weighted by Crippen LogP contribution is -2.33. The molecule has 0 fully saturated rings. The molecule has 1 atom stereocenters. The number of thiophene rings is 1. The molecule has 0 saturated heterocycles. The van der Waals surface area contributed by atoms with E-state index < -0.39 is 12.0 Å². The lowest BCUT2D eigenvalue weighted by Gasteiger charge is -2.23. The van der Waals surface area contributed by atoms with E-state index in [0.717, 1.165) is 10.9 Å². The molecular formula is C10H12BrNO3S. The molecule has 0 aliphatic rings. The van der Waals surface area contributed by atoms with Gasteiger partial charge in [-0.05, 0) is 33.8 Å². The van der Waals surface area contributed by atoms with Gasteiger partial charge < -0.3 is 10.0 Å². The van der Waals surface area contributed by atoms with Gasteiger partial charge in [0, 0.05) is 11.0 Å². The highest BCUT2D eigenvalue weighted by molar-refractivity contribution is 9.10. The molecule has 0 radical (unpaired) electrons. The molecule has 1 amide bonds. The summed E-state index contributed by atoms with van der Waals surface area (Å²) in [5.74, 6) is -1.01. The quantitative estimate of drug-likeness (QED) is 0.822. The Balaban J connectivity index is 3.03. The van der Waals surface area contributed by atoms with E-state index in [2.05, 4.69) is 15.9 Å². The van der Waals surface area contributed by atoms with Gasteiger partial charge in [-0.25, -0.2) is 4.79 Å². The van der Waals surface area contributed by atoms with Crippen LogP contribution < -0.4 is 0 Å². The summed E-state index contributed by atoms with van der Waals surface area (Å²) in [6, 6.07) is 0.886. The summed E-state index contributed by atoms with van der Waals surface area (Å²) in [5, 5.41) is 11.0. The summed E-state index contributed by atoms with van der Waals surface area (Å²) < 4.78 is 0.729. The second-order valence-electron chi connectivity index (χ2n) is 3.22. The van der Waals surface area contributed by atoms with Crippen LogP contribution in [0.2, 0.25) is 0 Å². The number of aliphatic carboxylic acids is 1. The van der Waals surface area contributed by atoms with Crippen molar-refractivity contribution in [3.63, 3.8) is 0 Å². The van der Waals surface area contributed by atoms with Crippen molar-refractivity contribution in [2.75, 3.05) is 6.54 Å². The van der Waals surface area contributed by atoms with Crippen molar-refractivity contribution in [2.45, 2.75) is 19.4 Å². The standard InChI is InChI=1S/C10H12BrNO3S/c1-2-4-12(6-13)8(10(14)15)9-7(11)3-5-16-9/h3,5-6,8H,2,4H2,1H3,(H,14,15). The minimum Gasteiger partial charge on any atom is -0.479 e. The number of carboxylic acids is 1.